The lowest BCUT2D eigenvalue weighted by Gasteiger charge is -2.14. The van der Waals surface area contributed by atoms with Crippen molar-refractivity contribution >= 4 is 51.1 Å². The zero-order valence-corrected chi connectivity index (χ0v) is 17.2. The molecule has 9 heteroatoms. The molecule has 2 aromatic rings. The zero-order valence-electron chi connectivity index (χ0n) is 14.8. The van der Waals surface area contributed by atoms with Gasteiger partial charge in [0, 0.05) is 5.69 Å². The molecule has 0 spiro atoms. The molecule has 0 aliphatic rings. The number of nitrogens with one attached hydrogen (secondary N) is 2. The van der Waals surface area contributed by atoms with Crippen molar-refractivity contribution in [3.63, 3.8) is 0 Å². The number of hydrogen-bond acceptors (Lipinski definition) is 5. The highest BCUT2D eigenvalue weighted by molar-refractivity contribution is 9.10. The topological polar surface area (TPSA) is 98.0 Å². The average molecular weight is 451 g/mol. The number of nitrogens with two attached hydrogens (primary N) is 1. The Morgan fingerprint density at radius 2 is 2.11 bits per heavy atom. The molecule has 0 aromatic heterocycles. The number of para-hydroxylation sites is 1. The van der Waals surface area contributed by atoms with Crippen molar-refractivity contribution in [2.75, 3.05) is 19.0 Å². The monoisotopic (exact) mass is 450 g/mol. The molecule has 0 radical (unpaired) electrons. The highest BCUT2D eigenvalue weighted by Crippen LogP contribution is 2.36. The summed E-state index contributed by atoms with van der Waals surface area (Å²) < 4.78 is 11.6. The van der Waals surface area contributed by atoms with Crippen molar-refractivity contribution in [3.8, 4) is 11.5 Å². The molecule has 2 aromatic carbocycles. The number of benzene rings is 2. The number of halogens is 1. The molecule has 0 fully saturated rings. The van der Waals surface area contributed by atoms with Crippen molar-refractivity contribution < 1.29 is 14.3 Å². The summed E-state index contributed by atoms with van der Waals surface area (Å²) in [6.07, 6.45) is 1.53. The molecule has 142 valence electrons. The van der Waals surface area contributed by atoms with Crippen LogP contribution in [-0.2, 0) is 4.79 Å². The van der Waals surface area contributed by atoms with Gasteiger partial charge in [-0.15, -0.1) is 0 Å². The number of anilines is 1. The first-order valence-electron chi connectivity index (χ1n) is 7.85. The maximum absolute atomic E-state index is 12.2. The molecule has 4 N–H and O–H groups in total. The van der Waals surface area contributed by atoms with Crippen LogP contribution in [0.2, 0.25) is 0 Å². The van der Waals surface area contributed by atoms with Gasteiger partial charge in [0.15, 0.2) is 23.2 Å². The van der Waals surface area contributed by atoms with Gasteiger partial charge in [-0.05, 0) is 64.4 Å². The molecule has 0 aliphatic carbocycles. The lowest BCUT2D eigenvalue weighted by molar-refractivity contribution is -0.118. The molecule has 0 unspecified atom stereocenters. The summed E-state index contributed by atoms with van der Waals surface area (Å²) >= 11 is 8.10. The van der Waals surface area contributed by atoms with Crippen molar-refractivity contribution in [1.82, 2.24) is 5.43 Å². The van der Waals surface area contributed by atoms with Crippen LogP contribution in [0.4, 0.5) is 5.69 Å². The van der Waals surface area contributed by atoms with Crippen LogP contribution in [0, 0.1) is 6.92 Å². The van der Waals surface area contributed by atoms with E-state index < -0.39 is 0 Å². The van der Waals surface area contributed by atoms with Crippen LogP contribution in [0.25, 0.3) is 0 Å². The fourth-order valence-electron chi connectivity index (χ4n) is 2.16. The van der Waals surface area contributed by atoms with E-state index in [9.17, 15) is 4.79 Å². The van der Waals surface area contributed by atoms with E-state index in [1.54, 1.807) is 12.1 Å². The molecular weight excluding hydrogens is 432 g/mol. The third kappa shape index (κ3) is 6.22. The SMILES string of the molecule is COc1cc(C=NNC(N)=S)cc(Br)c1OCC(=O)Nc1ccccc1C. The van der Waals surface area contributed by atoms with Crippen LogP contribution in [-0.4, -0.2) is 31.0 Å². The van der Waals surface area contributed by atoms with E-state index in [1.165, 1.54) is 13.3 Å². The minimum Gasteiger partial charge on any atom is -0.493 e. The summed E-state index contributed by atoms with van der Waals surface area (Å²) in [7, 11) is 1.51. The molecule has 0 atom stereocenters. The summed E-state index contributed by atoms with van der Waals surface area (Å²) in [6, 6.07) is 11.0. The van der Waals surface area contributed by atoms with Gasteiger partial charge in [0.2, 0.25) is 0 Å². The highest BCUT2D eigenvalue weighted by Gasteiger charge is 2.13. The molecule has 27 heavy (non-hydrogen) atoms. The summed E-state index contributed by atoms with van der Waals surface area (Å²) in [6.45, 7) is 1.75. The number of ether oxygens (including phenoxy) is 2. The van der Waals surface area contributed by atoms with Gasteiger partial charge in [-0.2, -0.15) is 5.10 Å². The van der Waals surface area contributed by atoms with E-state index in [0.29, 0.717) is 16.0 Å². The number of nitrogens with zero attached hydrogens (tertiary/aromatic N) is 1. The predicted molar refractivity (Wildman–Crippen MR) is 114 cm³/mol. The van der Waals surface area contributed by atoms with E-state index in [4.69, 9.17) is 15.2 Å². The Bertz CT molecular complexity index is 874. The summed E-state index contributed by atoms with van der Waals surface area (Å²) in [5.74, 6) is 0.589. The minimum atomic E-state index is -0.274. The van der Waals surface area contributed by atoms with Crippen LogP contribution >= 0.6 is 28.1 Å². The first kappa shape index (κ1) is 20.7. The van der Waals surface area contributed by atoms with Gasteiger partial charge < -0.3 is 20.5 Å². The second kappa shape index (κ2) is 9.89. The summed E-state index contributed by atoms with van der Waals surface area (Å²) in [5.41, 5.74) is 10.2. The summed E-state index contributed by atoms with van der Waals surface area (Å²) in [4.78, 5) is 12.2. The van der Waals surface area contributed by atoms with Gasteiger partial charge in [0.25, 0.3) is 5.91 Å². The number of aryl methyl sites for hydroxylation is 1. The Kier molecular flexibility index (Phi) is 7.56. The molecular formula is C18H19BrN4O3S. The van der Waals surface area contributed by atoms with E-state index in [0.717, 1.165) is 16.8 Å². The largest absolute Gasteiger partial charge is 0.493 e. The first-order valence-corrected chi connectivity index (χ1v) is 9.05. The van der Waals surface area contributed by atoms with Crippen molar-refractivity contribution in [1.29, 1.82) is 0 Å². The van der Waals surface area contributed by atoms with Gasteiger partial charge >= 0.3 is 0 Å². The Morgan fingerprint density at radius 1 is 1.37 bits per heavy atom. The van der Waals surface area contributed by atoms with E-state index in [1.807, 2.05) is 31.2 Å². The van der Waals surface area contributed by atoms with Gasteiger partial charge in [-0.3, -0.25) is 10.2 Å². The smallest absolute Gasteiger partial charge is 0.262 e. The van der Waals surface area contributed by atoms with E-state index >= 15 is 0 Å². The third-order valence-corrected chi connectivity index (χ3v) is 4.09. The van der Waals surface area contributed by atoms with Crippen LogP contribution in [0.1, 0.15) is 11.1 Å². The number of hydrazone groups is 1. The molecule has 0 heterocycles. The van der Waals surface area contributed by atoms with Gasteiger partial charge in [-0.1, -0.05) is 18.2 Å². The second-order valence-corrected chi connectivity index (χ2v) is 6.71. The number of hydrogen-bond donors (Lipinski definition) is 3. The zero-order chi connectivity index (χ0) is 19.8. The standard InChI is InChI=1S/C18H19BrN4O3S/c1-11-5-3-4-6-14(11)22-16(24)10-26-17-13(19)7-12(8-15(17)25-2)9-21-23-18(20)27/h3-9H,10H2,1-2H3,(H,22,24)(H3,20,23,27). The normalized spacial score (nSPS) is 10.5. The molecule has 2 rings (SSSR count). The van der Waals surface area contributed by atoms with Gasteiger partial charge in [0.05, 0.1) is 17.8 Å². The molecule has 1 amide bonds. The number of methoxy groups -OCH3 is 1. The number of amides is 1. The number of thiocarbonyl (C=S) groups is 1. The Hall–Kier alpha value is -2.65. The third-order valence-electron chi connectivity index (χ3n) is 3.41. The number of rotatable bonds is 7. The first-order chi connectivity index (χ1) is 12.9. The van der Waals surface area contributed by atoms with Crippen LogP contribution in [0.5, 0.6) is 11.5 Å². The van der Waals surface area contributed by atoms with Crippen LogP contribution in [0.3, 0.4) is 0 Å². The van der Waals surface area contributed by atoms with Crippen molar-refractivity contribution in [2.45, 2.75) is 6.92 Å². The molecule has 7 nitrogen and oxygen atoms in total. The fourth-order valence-corrected chi connectivity index (χ4v) is 2.79. The minimum absolute atomic E-state index is 0.0666. The molecule has 0 aliphatic heterocycles. The molecule has 0 saturated carbocycles. The maximum Gasteiger partial charge on any atom is 0.262 e. The molecule has 0 bridgehead atoms. The van der Waals surface area contributed by atoms with Crippen molar-refractivity contribution in [3.05, 3.63) is 52.0 Å². The Morgan fingerprint density at radius 3 is 2.78 bits per heavy atom. The highest BCUT2D eigenvalue weighted by atomic mass is 79.9. The lowest BCUT2D eigenvalue weighted by atomic mass is 10.2. The average Bonchev–Trinajstić information content (AvgIpc) is 2.62. The Balaban J connectivity index is 2.07. The van der Waals surface area contributed by atoms with E-state index in [-0.39, 0.29) is 17.6 Å². The predicted octanol–water partition coefficient (Wildman–Crippen LogP) is 2.95. The van der Waals surface area contributed by atoms with Crippen LogP contribution < -0.4 is 25.9 Å². The van der Waals surface area contributed by atoms with Gasteiger partial charge in [-0.25, -0.2) is 0 Å². The summed E-state index contributed by atoms with van der Waals surface area (Å²) in [5, 5.41) is 6.77. The van der Waals surface area contributed by atoms with Crippen LogP contribution in [0.15, 0.2) is 46.0 Å². The Labute approximate surface area is 171 Å². The second-order valence-electron chi connectivity index (χ2n) is 5.42. The van der Waals surface area contributed by atoms with Gasteiger partial charge in [0.1, 0.15) is 0 Å². The quantitative estimate of drug-likeness (QED) is 0.340. The number of carbonyl (C=O) groups excluding carboxylic acids is 1. The van der Waals surface area contributed by atoms with Crippen molar-refractivity contribution in [2.24, 2.45) is 10.8 Å². The fraction of sp³-hybridized carbons (Fsp3) is 0.167. The van der Waals surface area contributed by atoms with E-state index in [2.05, 4.69) is 44.0 Å². The lowest BCUT2D eigenvalue weighted by Crippen LogP contribution is -2.24. The molecule has 0 saturated heterocycles. The number of carbonyl (C=O) groups is 1. The maximum atomic E-state index is 12.2.